The summed E-state index contributed by atoms with van der Waals surface area (Å²) in [6, 6.07) is 13.7. The van der Waals surface area contributed by atoms with Gasteiger partial charge in [-0.2, -0.15) is 0 Å². The summed E-state index contributed by atoms with van der Waals surface area (Å²) in [5, 5.41) is 9.57. The Morgan fingerprint density at radius 1 is 1.06 bits per heavy atom. The largest absolute Gasteiger partial charge is 0.454 e. The molecule has 1 atom stereocenters. The van der Waals surface area contributed by atoms with Gasteiger partial charge < -0.3 is 25.4 Å². The molecule has 0 saturated carbocycles. The van der Waals surface area contributed by atoms with Gasteiger partial charge in [-0.05, 0) is 48.7 Å². The quantitative estimate of drug-likeness (QED) is 0.266. The number of rotatable bonds is 8. The number of fused-ring (bicyclic) bond motifs is 1. The van der Waals surface area contributed by atoms with E-state index in [9.17, 15) is 4.79 Å². The second-order valence-electron chi connectivity index (χ2n) is 7.24. The molecule has 1 heterocycles. The number of anilines is 1. The smallest absolute Gasteiger partial charge is 0.231 e. The fourth-order valence-corrected chi connectivity index (χ4v) is 2.95. The topological polar surface area (TPSA) is 84.0 Å². The Bertz CT molecular complexity index is 904. The molecule has 0 spiro atoms. The van der Waals surface area contributed by atoms with Crippen molar-refractivity contribution in [1.82, 2.24) is 10.6 Å². The predicted octanol–water partition coefficient (Wildman–Crippen LogP) is 4.27. The lowest BCUT2D eigenvalue weighted by Crippen LogP contribution is -2.36. The molecular weight excluding hydrogens is 507 g/mol. The highest BCUT2D eigenvalue weighted by Crippen LogP contribution is 2.32. The van der Waals surface area contributed by atoms with E-state index in [-0.39, 0.29) is 42.6 Å². The third kappa shape index (κ3) is 7.30. The zero-order valence-corrected chi connectivity index (χ0v) is 20.6. The van der Waals surface area contributed by atoms with Crippen LogP contribution in [0.15, 0.2) is 47.5 Å². The van der Waals surface area contributed by atoms with Gasteiger partial charge in [-0.3, -0.25) is 4.79 Å². The molecule has 2 aromatic carbocycles. The van der Waals surface area contributed by atoms with E-state index in [0.29, 0.717) is 13.1 Å². The Balaban J connectivity index is 0.00000341. The first-order valence-corrected chi connectivity index (χ1v) is 10.4. The van der Waals surface area contributed by atoms with Crippen molar-refractivity contribution in [2.45, 2.75) is 40.3 Å². The maximum Gasteiger partial charge on any atom is 0.231 e. The number of ether oxygens (including phenoxy) is 2. The highest BCUT2D eigenvalue weighted by molar-refractivity contribution is 14.0. The minimum Gasteiger partial charge on any atom is -0.454 e. The molecule has 1 unspecified atom stereocenters. The third-order valence-electron chi connectivity index (χ3n) is 4.92. The lowest BCUT2D eigenvalue weighted by Gasteiger charge is -2.13. The van der Waals surface area contributed by atoms with Crippen molar-refractivity contribution < 1.29 is 14.3 Å². The molecular formula is C23H31IN4O3. The van der Waals surface area contributed by atoms with Gasteiger partial charge in [0.1, 0.15) is 0 Å². The fourth-order valence-electron chi connectivity index (χ4n) is 2.95. The van der Waals surface area contributed by atoms with Crippen molar-refractivity contribution in [1.29, 1.82) is 0 Å². The van der Waals surface area contributed by atoms with Gasteiger partial charge in [0.2, 0.25) is 12.7 Å². The molecule has 1 amide bonds. The first kappa shape index (κ1) is 24.8. The molecule has 0 aromatic heterocycles. The lowest BCUT2D eigenvalue weighted by molar-refractivity contribution is -0.119. The molecule has 0 radical (unpaired) electrons. The minimum absolute atomic E-state index is 0. The van der Waals surface area contributed by atoms with E-state index in [2.05, 4.69) is 20.9 Å². The van der Waals surface area contributed by atoms with E-state index < -0.39 is 0 Å². The van der Waals surface area contributed by atoms with Crippen molar-refractivity contribution in [3.63, 3.8) is 0 Å². The van der Waals surface area contributed by atoms with Gasteiger partial charge in [-0.15, -0.1) is 24.0 Å². The summed E-state index contributed by atoms with van der Waals surface area (Å²) in [6.07, 6.45) is 0.816. The minimum atomic E-state index is -0.00702. The van der Waals surface area contributed by atoms with Crippen molar-refractivity contribution in [2.24, 2.45) is 10.9 Å². The van der Waals surface area contributed by atoms with E-state index >= 15 is 0 Å². The number of carbonyl (C=O) groups excluding carboxylic acids is 1. The Morgan fingerprint density at radius 2 is 1.87 bits per heavy atom. The number of benzene rings is 2. The molecule has 0 fully saturated rings. The molecule has 1 aliphatic rings. The standard InChI is InChI=1S/C23H30N4O3.HI/c1-4-16(3)22(28)27-19-8-6-7-17(11-19)13-25-23(24-5-2)26-14-18-9-10-20-21(12-18)30-15-29-20;/h6-12,16H,4-5,13-15H2,1-3H3,(H,27,28)(H2,24,25,26);1H. The second-order valence-corrected chi connectivity index (χ2v) is 7.24. The van der Waals surface area contributed by atoms with E-state index in [4.69, 9.17) is 9.47 Å². The highest BCUT2D eigenvalue weighted by Gasteiger charge is 2.13. The fraction of sp³-hybridized carbons (Fsp3) is 0.391. The van der Waals surface area contributed by atoms with Crippen LogP contribution in [0, 0.1) is 5.92 Å². The molecule has 7 nitrogen and oxygen atoms in total. The maximum absolute atomic E-state index is 12.1. The van der Waals surface area contributed by atoms with Gasteiger partial charge in [0.15, 0.2) is 17.5 Å². The van der Waals surface area contributed by atoms with Crippen LogP contribution in [0.2, 0.25) is 0 Å². The van der Waals surface area contributed by atoms with Gasteiger partial charge in [-0.25, -0.2) is 4.99 Å². The third-order valence-corrected chi connectivity index (χ3v) is 4.92. The summed E-state index contributed by atoms with van der Waals surface area (Å²) < 4.78 is 10.8. The van der Waals surface area contributed by atoms with Crippen molar-refractivity contribution in [2.75, 3.05) is 18.7 Å². The molecule has 1 aliphatic heterocycles. The molecule has 3 N–H and O–H groups in total. The molecule has 0 aliphatic carbocycles. The predicted molar refractivity (Wildman–Crippen MR) is 134 cm³/mol. The Morgan fingerprint density at radius 3 is 2.65 bits per heavy atom. The van der Waals surface area contributed by atoms with Gasteiger partial charge in [-0.1, -0.05) is 32.0 Å². The number of carbonyl (C=O) groups is 1. The van der Waals surface area contributed by atoms with E-state index in [0.717, 1.165) is 47.2 Å². The first-order valence-electron chi connectivity index (χ1n) is 10.4. The average molecular weight is 538 g/mol. The Hall–Kier alpha value is -2.49. The lowest BCUT2D eigenvalue weighted by atomic mass is 10.1. The van der Waals surface area contributed by atoms with Gasteiger partial charge >= 0.3 is 0 Å². The molecule has 3 rings (SSSR count). The number of halogens is 1. The monoisotopic (exact) mass is 538 g/mol. The van der Waals surface area contributed by atoms with Crippen molar-refractivity contribution in [3.05, 3.63) is 53.6 Å². The molecule has 31 heavy (non-hydrogen) atoms. The maximum atomic E-state index is 12.1. The van der Waals surface area contributed by atoms with E-state index in [1.807, 2.05) is 63.2 Å². The number of aliphatic imine (C=N–C) groups is 1. The van der Waals surface area contributed by atoms with Crippen LogP contribution in [0.25, 0.3) is 0 Å². The number of guanidine groups is 1. The zero-order valence-electron chi connectivity index (χ0n) is 18.2. The van der Waals surface area contributed by atoms with Crippen molar-refractivity contribution in [3.8, 4) is 11.5 Å². The van der Waals surface area contributed by atoms with Crippen molar-refractivity contribution >= 4 is 41.5 Å². The summed E-state index contributed by atoms with van der Waals surface area (Å²) >= 11 is 0. The number of hydrogen-bond donors (Lipinski definition) is 3. The van der Waals surface area contributed by atoms with E-state index in [1.54, 1.807) is 0 Å². The number of amides is 1. The number of nitrogens with one attached hydrogen (secondary N) is 3. The molecule has 8 heteroatoms. The van der Waals surface area contributed by atoms with Gasteiger partial charge in [0.05, 0.1) is 6.54 Å². The molecule has 0 bridgehead atoms. The molecule has 2 aromatic rings. The summed E-state index contributed by atoms with van der Waals surface area (Å²) in [6.45, 7) is 8.12. The van der Waals surface area contributed by atoms with Crippen LogP contribution < -0.4 is 25.4 Å². The van der Waals surface area contributed by atoms with E-state index in [1.165, 1.54) is 0 Å². The van der Waals surface area contributed by atoms with Crippen LogP contribution in [-0.2, 0) is 17.9 Å². The van der Waals surface area contributed by atoms with Crippen LogP contribution in [0.4, 0.5) is 5.69 Å². The zero-order chi connectivity index (χ0) is 21.3. The SMILES string of the molecule is CCNC(=NCc1cccc(NC(=O)C(C)CC)c1)NCc1ccc2c(c1)OCO2.I. The van der Waals surface area contributed by atoms with Crippen LogP contribution in [-0.4, -0.2) is 25.2 Å². The first-order chi connectivity index (χ1) is 14.6. The normalized spacial score (nSPS) is 13.2. The Kier molecular flexibility index (Phi) is 9.90. The summed E-state index contributed by atoms with van der Waals surface area (Å²) in [5.41, 5.74) is 2.91. The molecule has 168 valence electrons. The van der Waals surface area contributed by atoms with Crippen LogP contribution >= 0.6 is 24.0 Å². The van der Waals surface area contributed by atoms with Gasteiger partial charge in [0, 0.05) is 24.7 Å². The highest BCUT2D eigenvalue weighted by atomic mass is 127. The van der Waals surface area contributed by atoms with Gasteiger partial charge in [0.25, 0.3) is 0 Å². The number of hydrogen-bond acceptors (Lipinski definition) is 4. The summed E-state index contributed by atoms with van der Waals surface area (Å²) in [5.74, 6) is 2.31. The molecule has 0 saturated heterocycles. The average Bonchev–Trinajstić information content (AvgIpc) is 3.23. The van der Waals surface area contributed by atoms with Crippen LogP contribution in [0.3, 0.4) is 0 Å². The van der Waals surface area contributed by atoms with Crippen LogP contribution in [0.1, 0.15) is 38.3 Å². The Labute approximate surface area is 201 Å². The number of nitrogens with zero attached hydrogens (tertiary/aromatic N) is 1. The summed E-state index contributed by atoms with van der Waals surface area (Å²) in [4.78, 5) is 16.8. The summed E-state index contributed by atoms with van der Waals surface area (Å²) in [7, 11) is 0. The second kappa shape index (κ2) is 12.4. The van der Waals surface area contributed by atoms with Crippen LogP contribution in [0.5, 0.6) is 11.5 Å².